The number of Topliss-reactive ketones (excluding diaryl/α,β-unsaturated/α-hetero) is 1. The van der Waals surface area contributed by atoms with Crippen LogP contribution in [0.2, 0.25) is 0 Å². The average Bonchev–Trinajstić information content (AvgIpc) is 2.67. The average molecular weight is 391 g/mol. The Balaban J connectivity index is 2.23. The van der Waals surface area contributed by atoms with E-state index in [9.17, 15) is 18.0 Å². The van der Waals surface area contributed by atoms with E-state index in [4.69, 9.17) is 9.47 Å². The van der Waals surface area contributed by atoms with E-state index in [0.29, 0.717) is 5.56 Å². The number of ether oxygens (including phenoxy) is 2. The molecule has 1 atom stereocenters. The summed E-state index contributed by atoms with van der Waals surface area (Å²) in [6, 6.07) is 10.8. The molecule has 0 aromatic heterocycles. The summed E-state index contributed by atoms with van der Waals surface area (Å²) >= 11 is 0. The van der Waals surface area contributed by atoms with Gasteiger partial charge in [-0.05, 0) is 39.1 Å². The van der Waals surface area contributed by atoms with Gasteiger partial charge in [-0.1, -0.05) is 29.8 Å². The lowest BCUT2D eigenvalue weighted by molar-refractivity contribution is 0.0318. The Kier molecular flexibility index (Phi) is 6.35. The van der Waals surface area contributed by atoms with Crippen LogP contribution in [-0.4, -0.2) is 40.4 Å². The molecule has 0 saturated heterocycles. The largest absolute Gasteiger partial charge is 0.495 e. The number of hydrogen-bond acceptors (Lipinski definition) is 6. The zero-order chi connectivity index (χ0) is 20.2. The van der Waals surface area contributed by atoms with Crippen molar-refractivity contribution in [2.45, 2.75) is 24.8 Å². The molecule has 0 aliphatic rings. The van der Waals surface area contributed by atoms with Gasteiger partial charge < -0.3 is 9.47 Å². The molecule has 1 N–H and O–H groups in total. The second kappa shape index (κ2) is 8.32. The van der Waals surface area contributed by atoms with Crippen molar-refractivity contribution in [2.75, 3.05) is 14.2 Å². The number of sulfonamides is 1. The number of rotatable bonds is 7. The summed E-state index contributed by atoms with van der Waals surface area (Å²) in [6.45, 7) is 3.37. The standard InChI is InChI=1S/C19H21NO6S/c1-12-5-7-14(8-6-12)18(21)13(2)26-19(22)15-9-10-16(25-4)17(11-15)27(23,24)20-3/h5-11,13,20H,1-4H3/t13-/m0/s1. The molecular formula is C19H21NO6S. The molecule has 0 amide bonds. The zero-order valence-corrected chi connectivity index (χ0v) is 16.3. The van der Waals surface area contributed by atoms with E-state index in [1.807, 2.05) is 6.92 Å². The second-order valence-electron chi connectivity index (χ2n) is 5.85. The summed E-state index contributed by atoms with van der Waals surface area (Å²) in [4.78, 5) is 24.6. The van der Waals surface area contributed by atoms with E-state index in [0.717, 1.165) is 11.6 Å². The summed E-state index contributed by atoms with van der Waals surface area (Å²) in [6.07, 6.45) is -1.02. The molecule has 0 spiro atoms. The van der Waals surface area contributed by atoms with Crippen LogP contribution in [0.15, 0.2) is 47.4 Å². The molecular weight excluding hydrogens is 370 g/mol. The molecule has 0 bridgehead atoms. The molecule has 2 aromatic rings. The number of methoxy groups -OCH3 is 1. The van der Waals surface area contributed by atoms with E-state index >= 15 is 0 Å². The van der Waals surface area contributed by atoms with Crippen LogP contribution in [0, 0.1) is 6.92 Å². The first-order valence-corrected chi connectivity index (χ1v) is 9.61. The molecule has 0 unspecified atom stereocenters. The van der Waals surface area contributed by atoms with Crippen LogP contribution in [0.3, 0.4) is 0 Å². The van der Waals surface area contributed by atoms with Gasteiger partial charge in [0.25, 0.3) is 0 Å². The molecule has 2 aromatic carbocycles. The van der Waals surface area contributed by atoms with Gasteiger partial charge in [0.15, 0.2) is 6.10 Å². The number of carbonyl (C=O) groups excluding carboxylic acids is 2. The maximum absolute atomic E-state index is 12.4. The molecule has 2 rings (SSSR count). The number of aryl methyl sites for hydroxylation is 1. The number of nitrogens with one attached hydrogen (secondary N) is 1. The Morgan fingerprint density at radius 2 is 1.63 bits per heavy atom. The van der Waals surface area contributed by atoms with Crippen molar-refractivity contribution in [1.29, 1.82) is 0 Å². The molecule has 0 saturated carbocycles. The quantitative estimate of drug-likeness (QED) is 0.575. The number of ketones is 1. The summed E-state index contributed by atoms with van der Waals surface area (Å²) in [7, 11) is -1.26. The minimum atomic E-state index is -3.84. The molecule has 0 heterocycles. The minimum absolute atomic E-state index is 0.00631. The topological polar surface area (TPSA) is 98.8 Å². The lowest BCUT2D eigenvalue weighted by atomic mass is 10.1. The first-order valence-electron chi connectivity index (χ1n) is 8.13. The van der Waals surface area contributed by atoms with Crippen molar-refractivity contribution in [3.63, 3.8) is 0 Å². The van der Waals surface area contributed by atoms with Crippen molar-refractivity contribution in [3.05, 3.63) is 59.2 Å². The molecule has 0 aliphatic heterocycles. The smallest absolute Gasteiger partial charge is 0.338 e. The molecule has 0 fully saturated rings. The monoisotopic (exact) mass is 391 g/mol. The normalized spacial score (nSPS) is 12.3. The van der Waals surface area contributed by atoms with Gasteiger partial charge in [-0.3, -0.25) is 4.79 Å². The van der Waals surface area contributed by atoms with Crippen LogP contribution in [0.25, 0.3) is 0 Å². The second-order valence-corrected chi connectivity index (χ2v) is 7.71. The Morgan fingerprint density at radius 3 is 2.19 bits per heavy atom. The molecule has 144 valence electrons. The van der Waals surface area contributed by atoms with Gasteiger partial charge in [0.2, 0.25) is 15.8 Å². The predicted molar refractivity (Wildman–Crippen MR) is 99.6 cm³/mol. The van der Waals surface area contributed by atoms with Gasteiger partial charge in [-0.15, -0.1) is 0 Å². The van der Waals surface area contributed by atoms with Crippen LogP contribution >= 0.6 is 0 Å². The highest BCUT2D eigenvalue weighted by atomic mass is 32.2. The highest BCUT2D eigenvalue weighted by molar-refractivity contribution is 7.89. The van der Waals surface area contributed by atoms with Crippen molar-refractivity contribution in [1.82, 2.24) is 4.72 Å². The maximum atomic E-state index is 12.4. The summed E-state index contributed by atoms with van der Waals surface area (Å²) in [5.74, 6) is -1.07. The molecule has 8 heteroatoms. The molecule has 7 nitrogen and oxygen atoms in total. The fourth-order valence-electron chi connectivity index (χ4n) is 2.36. The first kappa shape index (κ1) is 20.6. The third kappa shape index (κ3) is 4.72. The van der Waals surface area contributed by atoms with Gasteiger partial charge >= 0.3 is 5.97 Å². The summed E-state index contributed by atoms with van der Waals surface area (Å²) < 4.78 is 36.6. The van der Waals surface area contributed by atoms with Crippen molar-refractivity contribution < 1.29 is 27.5 Å². The summed E-state index contributed by atoms with van der Waals surface area (Å²) in [5, 5.41) is 0. The van der Waals surface area contributed by atoms with Crippen LogP contribution in [0.5, 0.6) is 5.75 Å². The van der Waals surface area contributed by atoms with Gasteiger partial charge in [0, 0.05) is 5.56 Å². The maximum Gasteiger partial charge on any atom is 0.338 e. The molecule has 0 radical (unpaired) electrons. The Morgan fingerprint density at radius 1 is 1.04 bits per heavy atom. The number of hydrogen-bond donors (Lipinski definition) is 1. The van der Waals surface area contributed by atoms with E-state index in [1.165, 1.54) is 33.2 Å². The highest BCUT2D eigenvalue weighted by Gasteiger charge is 2.24. The van der Waals surface area contributed by atoms with Crippen LogP contribution < -0.4 is 9.46 Å². The Hall–Kier alpha value is -2.71. The van der Waals surface area contributed by atoms with Crippen molar-refractivity contribution >= 4 is 21.8 Å². The SMILES string of the molecule is CNS(=O)(=O)c1cc(C(=O)O[C@@H](C)C(=O)c2ccc(C)cc2)ccc1OC. The fraction of sp³-hybridized carbons (Fsp3) is 0.263. The highest BCUT2D eigenvalue weighted by Crippen LogP contribution is 2.25. The van der Waals surface area contributed by atoms with Crippen molar-refractivity contribution in [3.8, 4) is 5.75 Å². The number of benzene rings is 2. The predicted octanol–water partition coefficient (Wildman–Crippen LogP) is 2.34. The number of esters is 1. The van der Waals surface area contributed by atoms with Crippen LogP contribution in [0.1, 0.15) is 33.2 Å². The van der Waals surface area contributed by atoms with E-state index in [-0.39, 0.29) is 22.0 Å². The Labute approximate surface area is 158 Å². The number of carbonyl (C=O) groups is 2. The van der Waals surface area contributed by atoms with Crippen LogP contribution in [0.4, 0.5) is 0 Å². The minimum Gasteiger partial charge on any atom is -0.495 e. The summed E-state index contributed by atoms with van der Waals surface area (Å²) in [5.41, 5.74) is 1.43. The molecule has 27 heavy (non-hydrogen) atoms. The lowest BCUT2D eigenvalue weighted by Crippen LogP contribution is -2.25. The van der Waals surface area contributed by atoms with Gasteiger partial charge in [-0.25, -0.2) is 17.9 Å². The van der Waals surface area contributed by atoms with Gasteiger partial charge in [0.05, 0.1) is 12.7 Å². The van der Waals surface area contributed by atoms with E-state index < -0.39 is 22.1 Å². The van der Waals surface area contributed by atoms with E-state index in [1.54, 1.807) is 24.3 Å². The van der Waals surface area contributed by atoms with Gasteiger partial charge in [-0.2, -0.15) is 0 Å². The Bertz CT molecular complexity index is 951. The third-order valence-electron chi connectivity index (χ3n) is 3.95. The fourth-order valence-corrected chi connectivity index (χ4v) is 3.28. The molecule has 0 aliphatic carbocycles. The van der Waals surface area contributed by atoms with E-state index in [2.05, 4.69) is 4.72 Å². The van der Waals surface area contributed by atoms with Gasteiger partial charge in [0.1, 0.15) is 10.6 Å². The zero-order valence-electron chi connectivity index (χ0n) is 15.5. The van der Waals surface area contributed by atoms with Crippen LogP contribution in [-0.2, 0) is 14.8 Å². The van der Waals surface area contributed by atoms with Crippen molar-refractivity contribution in [2.24, 2.45) is 0 Å². The first-order chi connectivity index (χ1) is 12.7. The lowest BCUT2D eigenvalue weighted by Gasteiger charge is -2.14. The third-order valence-corrected chi connectivity index (χ3v) is 5.38.